The number of rotatable bonds is 8. The summed E-state index contributed by atoms with van der Waals surface area (Å²) < 4.78 is 5.40. The molecule has 3 atom stereocenters. The smallest absolute Gasteiger partial charge is 0.325 e. The summed E-state index contributed by atoms with van der Waals surface area (Å²) in [6.07, 6.45) is 0.816. The Morgan fingerprint density at radius 1 is 1.11 bits per heavy atom. The Morgan fingerprint density at radius 2 is 1.69 bits per heavy atom. The van der Waals surface area contributed by atoms with Crippen molar-refractivity contribution < 1.29 is 19.1 Å². The molecule has 1 aliphatic heterocycles. The second-order valence-corrected chi connectivity index (χ2v) is 12.1. The van der Waals surface area contributed by atoms with Crippen LogP contribution in [0.5, 0.6) is 0 Å². The molecule has 0 radical (unpaired) electrons. The minimum atomic E-state index is -1.29. The molecule has 1 heterocycles. The lowest BCUT2D eigenvalue weighted by atomic mass is 9.70. The number of nitrogens with one attached hydrogen (secondary N) is 2. The highest BCUT2D eigenvalue weighted by Crippen LogP contribution is 2.42. The van der Waals surface area contributed by atoms with Gasteiger partial charge in [0.15, 0.2) is 5.72 Å². The van der Waals surface area contributed by atoms with Crippen molar-refractivity contribution in [2.24, 2.45) is 23.0 Å². The number of nitrogens with two attached hydrogens (primary N) is 1. The second kappa shape index (κ2) is 11.8. The molecule has 1 aromatic carbocycles. The van der Waals surface area contributed by atoms with Gasteiger partial charge in [-0.3, -0.25) is 9.59 Å². The third-order valence-corrected chi connectivity index (χ3v) is 7.05. The summed E-state index contributed by atoms with van der Waals surface area (Å²) in [6, 6.07) is 5.80. The molecular weight excluding hydrogens is 480 g/mol. The second-order valence-electron chi connectivity index (χ2n) is 11.7. The van der Waals surface area contributed by atoms with Crippen LogP contribution in [0.3, 0.4) is 0 Å². The largest absolute Gasteiger partial charge is 0.438 e. The van der Waals surface area contributed by atoms with E-state index in [0.29, 0.717) is 24.0 Å². The average Bonchev–Trinajstić information content (AvgIpc) is 2.75. The summed E-state index contributed by atoms with van der Waals surface area (Å²) in [7, 11) is 0. The van der Waals surface area contributed by atoms with Crippen LogP contribution in [0.4, 0.5) is 4.79 Å². The Labute approximate surface area is 220 Å². The van der Waals surface area contributed by atoms with Crippen molar-refractivity contribution in [3.8, 4) is 0 Å². The van der Waals surface area contributed by atoms with Gasteiger partial charge in [-0.1, -0.05) is 65.3 Å². The molecule has 0 aliphatic carbocycles. The number of likely N-dealkylation sites (tertiary alicyclic amines) is 1. The SMILES string of the molecule is CC(C)C(N)C(=O)OC(C)(C)NC(=O)NC(C(=O)N1CCC(c2ccc(Cl)cc2)C(C)(C)C1)C(C)C. The third kappa shape index (κ3) is 7.84. The number of carbonyl (C=O) groups excluding carboxylic acids is 3. The number of urea groups is 1. The zero-order chi connectivity index (χ0) is 27.4. The van der Waals surface area contributed by atoms with Crippen LogP contribution in [0.1, 0.15) is 73.3 Å². The third-order valence-electron chi connectivity index (χ3n) is 6.79. The van der Waals surface area contributed by atoms with Crippen LogP contribution >= 0.6 is 11.6 Å². The molecule has 0 spiro atoms. The summed E-state index contributed by atoms with van der Waals surface area (Å²) >= 11 is 6.06. The van der Waals surface area contributed by atoms with Gasteiger partial charge in [0, 0.05) is 18.1 Å². The molecule has 1 fully saturated rings. The van der Waals surface area contributed by atoms with Crippen molar-refractivity contribution >= 4 is 29.5 Å². The van der Waals surface area contributed by atoms with E-state index in [1.54, 1.807) is 13.8 Å². The molecule has 1 saturated heterocycles. The van der Waals surface area contributed by atoms with E-state index in [-0.39, 0.29) is 23.2 Å². The minimum Gasteiger partial charge on any atom is -0.438 e. The summed E-state index contributed by atoms with van der Waals surface area (Å²) in [6.45, 7) is 16.0. The first-order valence-electron chi connectivity index (χ1n) is 12.7. The predicted molar refractivity (Wildman–Crippen MR) is 142 cm³/mol. The van der Waals surface area contributed by atoms with E-state index >= 15 is 0 Å². The van der Waals surface area contributed by atoms with Crippen LogP contribution < -0.4 is 16.4 Å². The van der Waals surface area contributed by atoms with Crippen LogP contribution in [-0.2, 0) is 14.3 Å². The van der Waals surface area contributed by atoms with Crippen LogP contribution in [0, 0.1) is 17.3 Å². The molecule has 4 N–H and O–H groups in total. The quantitative estimate of drug-likeness (QED) is 0.348. The summed E-state index contributed by atoms with van der Waals surface area (Å²) in [4.78, 5) is 40.4. The zero-order valence-corrected chi connectivity index (χ0v) is 23.6. The van der Waals surface area contributed by atoms with Crippen LogP contribution in [-0.4, -0.2) is 53.7 Å². The van der Waals surface area contributed by atoms with E-state index in [1.807, 2.05) is 44.7 Å². The Bertz CT molecular complexity index is 930. The maximum Gasteiger partial charge on any atom is 0.325 e. The number of nitrogens with zero attached hydrogens (tertiary/aromatic N) is 1. The van der Waals surface area contributed by atoms with Crippen molar-refractivity contribution in [3.63, 3.8) is 0 Å². The first-order valence-corrected chi connectivity index (χ1v) is 13.0. The fourth-order valence-corrected chi connectivity index (χ4v) is 4.76. The fourth-order valence-electron chi connectivity index (χ4n) is 4.64. The number of esters is 1. The van der Waals surface area contributed by atoms with E-state index < -0.39 is 29.8 Å². The number of hydrogen-bond donors (Lipinski definition) is 3. The maximum atomic E-state index is 13.5. The molecule has 0 bridgehead atoms. The lowest BCUT2D eigenvalue weighted by molar-refractivity contribution is -0.161. The van der Waals surface area contributed by atoms with Gasteiger partial charge in [0.1, 0.15) is 12.1 Å². The van der Waals surface area contributed by atoms with E-state index in [0.717, 1.165) is 6.42 Å². The predicted octanol–water partition coefficient (Wildman–Crippen LogP) is 4.27. The highest BCUT2D eigenvalue weighted by molar-refractivity contribution is 6.30. The van der Waals surface area contributed by atoms with E-state index in [2.05, 4.69) is 36.6 Å². The van der Waals surface area contributed by atoms with Crippen molar-refractivity contribution in [3.05, 3.63) is 34.9 Å². The molecule has 202 valence electrons. The molecule has 8 nitrogen and oxygen atoms in total. The van der Waals surface area contributed by atoms with Crippen molar-refractivity contribution in [2.45, 2.75) is 85.5 Å². The minimum absolute atomic E-state index is 0.0989. The fraction of sp³-hybridized carbons (Fsp3) is 0.667. The highest BCUT2D eigenvalue weighted by Gasteiger charge is 2.41. The molecule has 1 aliphatic rings. The van der Waals surface area contributed by atoms with Gasteiger partial charge in [0.2, 0.25) is 5.91 Å². The van der Waals surface area contributed by atoms with Gasteiger partial charge in [0.25, 0.3) is 0 Å². The first kappa shape index (κ1) is 29.9. The highest BCUT2D eigenvalue weighted by atomic mass is 35.5. The van der Waals surface area contributed by atoms with Crippen molar-refractivity contribution in [1.29, 1.82) is 0 Å². The van der Waals surface area contributed by atoms with E-state index in [4.69, 9.17) is 22.1 Å². The lowest BCUT2D eigenvalue weighted by Gasteiger charge is -2.45. The molecule has 0 aromatic heterocycles. The molecule has 1 aromatic rings. The number of halogens is 1. The van der Waals surface area contributed by atoms with Gasteiger partial charge in [-0.25, -0.2) is 4.79 Å². The lowest BCUT2D eigenvalue weighted by Crippen LogP contribution is -2.60. The van der Waals surface area contributed by atoms with Gasteiger partial charge in [-0.05, 0) is 61.1 Å². The van der Waals surface area contributed by atoms with Gasteiger partial charge >= 0.3 is 12.0 Å². The number of carbonyl (C=O) groups is 3. The van der Waals surface area contributed by atoms with Gasteiger partial charge in [-0.2, -0.15) is 0 Å². The molecular formula is C27H43ClN4O4. The molecule has 3 amide bonds. The number of ether oxygens (including phenoxy) is 1. The normalized spacial score (nSPS) is 19.6. The van der Waals surface area contributed by atoms with E-state index in [1.165, 1.54) is 5.56 Å². The van der Waals surface area contributed by atoms with Crippen LogP contribution in [0.2, 0.25) is 5.02 Å². The number of hydrogen-bond acceptors (Lipinski definition) is 5. The number of benzene rings is 1. The molecule has 9 heteroatoms. The van der Waals surface area contributed by atoms with Crippen molar-refractivity contribution in [2.75, 3.05) is 13.1 Å². The van der Waals surface area contributed by atoms with Crippen LogP contribution in [0.25, 0.3) is 0 Å². The zero-order valence-electron chi connectivity index (χ0n) is 22.9. The standard InChI is InChI=1S/C27H43ClN4O4/c1-16(2)21(29)24(34)36-27(7,8)31-25(35)30-22(17(3)4)23(33)32-14-13-20(26(5,6)15-32)18-9-11-19(28)12-10-18/h9-12,16-17,20-22H,13-15,29H2,1-8H3,(H2,30,31,35). The number of amides is 3. The summed E-state index contributed by atoms with van der Waals surface area (Å²) in [5.74, 6) is -0.671. The molecule has 0 saturated carbocycles. The van der Waals surface area contributed by atoms with E-state index in [9.17, 15) is 14.4 Å². The summed E-state index contributed by atoms with van der Waals surface area (Å²) in [5.41, 5.74) is 5.62. The molecule has 2 rings (SSSR count). The number of piperidine rings is 1. The summed E-state index contributed by atoms with van der Waals surface area (Å²) in [5, 5.41) is 6.14. The Balaban J connectivity index is 2.05. The Kier molecular flexibility index (Phi) is 9.82. The van der Waals surface area contributed by atoms with Gasteiger partial charge < -0.3 is 26.0 Å². The Morgan fingerprint density at radius 3 is 2.19 bits per heavy atom. The topological polar surface area (TPSA) is 114 Å². The maximum absolute atomic E-state index is 13.5. The van der Waals surface area contributed by atoms with Crippen LogP contribution in [0.15, 0.2) is 24.3 Å². The first-order chi connectivity index (χ1) is 16.5. The monoisotopic (exact) mass is 522 g/mol. The molecule has 36 heavy (non-hydrogen) atoms. The average molecular weight is 523 g/mol. The van der Waals surface area contributed by atoms with Gasteiger partial charge in [-0.15, -0.1) is 0 Å². The van der Waals surface area contributed by atoms with Crippen molar-refractivity contribution in [1.82, 2.24) is 15.5 Å². The molecule has 3 unspecified atom stereocenters. The van der Waals surface area contributed by atoms with Gasteiger partial charge in [0.05, 0.1) is 0 Å². The Hall–Kier alpha value is -2.32.